The summed E-state index contributed by atoms with van der Waals surface area (Å²) in [4.78, 5) is 22.6. The van der Waals surface area contributed by atoms with Gasteiger partial charge in [0.15, 0.2) is 5.78 Å². The van der Waals surface area contributed by atoms with E-state index in [-0.39, 0.29) is 11.8 Å². The largest absolute Gasteiger partial charge is 0.466 e. The molecule has 96 valence electrons. The van der Waals surface area contributed by atoms with Crippen LogP contribution in [0, 0.1) is 13.8 Å². The number of esters is 1. The lowest BCUT2D eigenvalue weighted by molar-refractivity contribution is -0.140. The van der Waals surface area contributed by atoms with Gasteiger partial charge in [0.1, 0.15) is 0 Å². The van der Waals surface area contributed by atoms with E-state index < -0.39 is 0 Å². The maximum absolute atomic E-state index is 11.8. The van der Waals surface area contributed by atoms with Gasteiger partial charge in [-0.1, -0.05) is 6.07 Å². The quantitative estimate of drug-likeness (QED) is 0.770. The van der Waals surface area contributed by atoms with Gasteiger partial charge in [0.05, 0.1) is 6.61 Å². The van der Waals surface area contributed by atoms with Crippen molar-refractivity contribution in [3.63, 3.8) is 0 Å². The van der Waals surface area contributed by atoms with Gasteiger partial charge < -0.3 is 4.74 Å². The predicted molar refractivity (Wildman–Crippen MR) is 68.9 cm³/mol. The predicted octanol–water partition coefficient (Wildman–Crippen LogP) is 2.54. The summed E-state index contributed by atoms with van der Waals surface area (Å²) in [6, 6.07) is 2.11. The number of rotatable bonds is 3. The van der Waals surface area contributed by atoms with Crippen molar-refractivity contribution in [1.29, 1.82) is 0 Å². The molecule has 0 saturated heterocycles. The van der Waals surface area contributed by atoms with Gasteiger partial charge >= 0.3 is 5.97 Å². The molecule has 0 atom stereocenters. The van der Waals surface area contributed by atoms with Crippen LogP contribution in [0.3, 0.4) is 0 Å². The van der Waals surface area contributed by atoms with Gasteiger partial charge in [0, 0.05) is 25.3 Å². The first-order valence-electron chi connectivity index (χ1n) is 6.29. The van der Waals surface area contributed by atoms with Crippen molar-refractivity contribution in [3.05, 3.63) is 33.9 Å². The second kappa shape index (κ2) is 4.92. The summed E-state index contributed by atoms with van der Waals surface area (Å²) >= 11 is 0. The molecule has 1 aromatic carbocycles. The zero-order valence-corrected chi connectivity index (χ0v) is 11.1. The summed E-state index contributed by atoms with van der Waals surface area (Å²) in [5.41, 5.74) is 5.47. The number of hydrogen-bond acceptors (Lipinski definition) is 3. The molecule has 2 rings (SSSR count). The molecule has 1 aromatic rings. The Hall–Kier alpha value is -1.64. The van der Waals surface area contributed by atoms with Crippen molar-refractivity contribution in [3.8, 4) is 0 Å². The summed E-state index contributed by atoms with van der Waals surface area (Å²) in [5, 5.41) is 0. The molecule has 0 saturated carbocycles. The third kappa shape index (κ3) is 2.30. The fourth-order valence-corrected chi connectivity index (χ4v) is 2.75. The van der Waals surface area contributed by atoms with Gasteiger partial charge in [-0.25, -0.2) is 0 Å². The van der Waals surface area contributed by atoms with Crippen LogP contribution in [0.1, 0.15) is 46.0 Å². The van der Waals surface area contributed by atoms with Gasteiger partial charge in [0.2, 0.25) is 0 Å². The van der Waals surface area contributed by atoms with E-state index in [0.29, 0.717) is 19.4 Å². The number of fused-ring (bicyclic) bond motifs is 1. The monoisotopic (exact) mass is 246 g/mol. The first kappa shape index (κ1) is 12.8. The highest BCUT2D eigenvalue weighted by Gasteiger charge is 2.24. The molecule has 3 nitrogen and oxygen atoms in total. The zero-order chi connectivity index (χ0) is 13.3. The van der Waals surface area contributed by atoms with E-state index in [0.717, 1.165) is 23.1 Å². The van der Waals surface area contributed by atoms with E-state index in [1.807, 2.05) is 6.92 Å². The Kier molecular flexibility index (Phi) is 3.50. The van der Waals surface area contributed by atoms with E-state index in [9.17, 15) is 9.59 Å². The lowest BCUT2D eigenvalue weighted by atomic mass is 9.92. The molecule has 0 fully saturated rings. The fraction of sp³-hybridized carbons (Fsp3) is 0.467. The van der Waals surface area contributed by atoms with E-state index in [1.165, 1.54) is 18.1 Å². The average molecular weight is 246 g/mol. The van der Waals surface area contributed by atoms with Crippen molar-refractivity contribution in [2.45, 2.75) is 40.0 Å². The SMILES string of the molecule is CC(=O)OCCc1c(C)cc2c(c1C)C(=O)CC2. The Morgan fingerprint density at radius 3 is 2.72 bits per heavy atom. The second-order valence-electron chi connectivity index (χ2n) is 4.84. The number of ketones is 1. The van der Waals surface area contributed by atoms with Crippen LogP contribution in [-0.4, -0.2) is 18.4 Å². The first-order valence-corrected chi connectivity index (χ1v) is 6.29. The highest BCUT2D eigenvalue weighted by Crippen LogP contribution is 2.30. The highest BCUT2D eigenvalue weighted by atomic mass is 16.5. The number of carbonyl (C=O) groups excluding carboxylic acids is 2. The van der Waals surface area contributed by atoms with E-state index in [4.69, 9.17) is 4.74 Å². The molecule has 0 spiro atoms. The van der Waals surface area contributed by atoms with Crippen LogP contribution < -0.4 is 0 Å². The molecule has 0 unspecified atom stereocenters. The third-order valence-electron chi connectivity index (χ3n) is 3.57. The Balaban J connectivity index is 2.28. The number of hydrogen-bond donors (Lipinski definition) is 0. The number of Topliss-reactive ketones (excluding diaryl/α,β-unsaturated/α-hetero) is 1. The van der Waals surface area contributed by atoms with Crippen molar-refractivity contribution < 1.29 is 14.3 Å². The molecular weight excluding hydrogens is 228 g/mol. The average Bonchev–Trinajstić information content (AvgIpc) is 2.64. The van der Waals surface area contributed by atoms with Crippen LogP contribution in [0.4, 0.5) is 0 Å². The lowest BCUT2D eigenvalue weighted by Gasteiger charge is -2.14. The second-order valence-corrected chi connectivity index (χ2v) is 4.84. The summed E-state index contributed by atoms with van der Waals surface area (Å²) < 4.78 is 4.98. The molecule has 0 aliphatic heterocycles. The van der Waals surface area contributed by atoms with Crippen molar-refractivity contribution in [2.75, 3.05) is 6.61 Å². The standard InChI is InChI=1S/C15H18O3/c1-9-8-12-4-5-14(17)15(12)10(2)13(9)6-7-18-11(3)16/h8H,4-7H2,1-3H3. The van der Waals surface area contributed by atoms with Crippen LogP contribution in [-0.2, 0) is 22.4 Å². The van der Waals surface area contributed by atoms with Crippen LogP contribution >= 0.6 is 0 Å². The summed E-state index contributed by atoms with van der Waals surface area (Å²) in [7, 11) is 0. The third-order valence-corrected chi connectivity index (χ3v) is 3.57. The molecule has 0 amide bonds. The highest BCUT2D eigenvalue weighted by molar-refractivity contribution is 6.02. The minimum absolute atomic E-state index is 0.247. The van der Waals surface area contributed by atoms with Gasteiger partial charge in [0.25, 0.3) is 0 Å². The van der Waals surface area contributed by atoms with Gasteiger partial charge in [-0.2, -0.15) is 0 Å². The summed E-state index contributed by atoms with van der Waals surface area (Å²) in [6.07, 6.45) is 2.17. The Morgan fingerprint density at radius 2 is 2.06 bits per heavy atom. The van der Waals surface area contributed by atoms with Crippen LogP contribution in [0.5, 0.6) is 0 Å². The zero-order valence-electron chi connectivity index (χ0n) is 11.1. The van der Waals surface area contributed by atoms with Crippen LogP contribution in [0.2, 0.25) is 0 Å². The molecule has 0 radical (unpaired) electrons. The molecule has 1 aliphatic carbocycles. The minimum Gasteiger partial charge on any atom is -0.466 e. The first-order chi connectivity index (χ1) is 8.50. The molecule has 0 aromatic heterocycles. The lowest BCUT2D eigenvalue weighted by Crippen LogP contribution is -2.08. The van der Waals surface area contributed by atoms with Crippen LogP contribution in [0.15, 0.2) is 6.07 Å². The molecule has 0 N–H and O–H groups in total. The molecule has 0 bridgehead atoms. The Morgan fingerprint density at radius 1 is 1.33 bits per heavy atom. The van der Waals surface area contributed by atoms with E-state index in [2.05, 4.69) is 13.0 Å². The Labute approximate surface area is 107 Å². The molecule has 18 heavy (non-hydrogen) atoms. The fourth-order valence-electron chi connectivity index (χ4n) is 2.75. The molecular formula is C15H18O3. The Bertz CT molecular complexity index is 515. The van der Waals surface area contributed by atoms with Gasteiger partial charge in [-0.05, 0) is 42.5 Å². The van der Waals surface area contributed by atoms with Gasteiger partial charge in [-0.15, -0.1) is 0 Å². The van der Waals surface area contributed by atoms with Crippen molar-refractivity contribution >= 4 is 11.8 Å². The summed E-state index contributed by atoms with van der Waals surface area (Å²) in [5.74, 6) is -0.0150. The molecule has 1 aliphatic rings. The van der Waals surface area contributed by atoms with Gasteiger partial charge in [-0.3, -0.25) is 9.59 Å². The smallest absolute Gasteiger partial charge is 0.302 e. The van der Waals surface area contributed by atoms with E-state index >= 15 is 0 Å². The number of aryl methyl sites for hydroxylation is 2. The normalized spacial score (nSPS) is 13.6. The minimum atomic E-state index is -0.262. The molecule has 3 heteroatoms. The van der Waals surface area contributed by atoms with Crippen LogP contribution in [0.25, 0.3) is 0 Å². The topological polar surface area (TPSA) is 43.4 Å². The number of carbonyl (C=O) groups is 2. The van der Waals surface area contributed by atoms with Crippen molar-refractivity contribution in [1.82, 2.24) is 0 Å². The maximum Gasteiger partial charge on any atom is 0.302 e. The summed E-state index contributed by atoms with van der Waals surface area (Å²) in [6.45, 7) is 5.84. The molecule has 0 heterocycles. The number of benzene rings is 1. The number of ether oxygens (including phenoxy) is 1. The van der Waals surface area contributed by atoms with Crippen molar-refractivity contribution in [2.24, 2.45) is 0 Å². The van der Waals surface area contributed by atoms with E-state index in [1.54, 1.807) is 0 Å². The maximum atomic E-state index is 11.8.